The van der Waals surface area contributed by atoms with Gasteiger partial charge in [0.1, 0.15) is 5.82 Å². The van der Waals surface area contributed by atoms with E-state index in [4.69, 9.17) is 0 Å². The van der Waals surface area contributed by atoms with E-state index in [1.54, 1.807) is 0 Å². The number of aromatic nitrogens is 2. The predicted octanol–water partition coefficient (Wildman–Crippen LogP) is 3.88. The highest BCUT2D eigenvalue weighted by molar-refractivity contribution is 7.14. The van der Waals surface area contributed by atoms with Crippen LogP contribution >= 0.6 is 22.9 Å². The zero-order valence-electron chi connectivity index (χ0n) is 12.6. The van der Waals surface area contributed by atoms with E-state index in [1.165, 1.54) is 16.5 Å². The van der Waals surface area contributed by atoms with Crippen LogP contribution in [-0.2, 0) is 6.42 Å². The van der Waals surface area contributed by atoms with Crippen LogP contribution < -0.4 is 10.2 Å². The second-order valence-electron chi connectivity index (χ2n) is 5.97. The Morgan fingerprint density at radius 1 is 1.38 bits per heavy atom. The zero-order chi connectivity index (χ0) is 14.7. The van der Waals surface area contributed by atoms with Crippen LogP contribution in [0.3, 0.4) is 0 Å². The topological polar surface area (TPSA) is 41.1 Å². The quantitative estimate of drug-likeness (QED) is 0.907. The summed E-state index contributed by atoms with van der Waals surface area (Å²) in [5.41, 5.74) is 0. The van der Waals surface area contributed by atoms with Gasteiger partial charge in [-0.05, 0) is 36.3 Å². The molecule has 4 nitrogen and oxygen atoms in total. The molecule has 0 aliphatic carbocycles. The molecule has 6 heteroatoms. The van der Waals surface area contributed by atoms with Gasteiger partial charge in [0.25, 0.3) is 0 Å². The van der Waals surface area contributed by atoms with Gasteiger partial charge in [-0.1, -0.05) is 13.8 Å². The SMILES string of the molecule is CC(C)Cc1nsc(NC2CCN(c3cccs3)CC2)n1. The second-order valence-corrected chi connectivity index (χ2v) is 7.65. The largest absolute Gasteiger partial charge is 0.363 e. The molecule has 1 aliphatic rings. The molecule has 1 fully saturated rings. The molecule has 3 rings (SSSR count). The molecule has 0 atom stereocenters. The van der Waals surface area contributed by atoms with Gasteiger partial charge in [-0.15, -0.1) is 11.3 Å². The minimum absolute atomic E-state index is 0.529. The summed E-state index contributed by atoms with van der Waals surface area (Å²) in [6, 6.07) is 4.87. The van der Waals surface area contributed by atoms with Gasteiger partial charge in [0.05, 0.1) is 5.00 Å². The van der Waals surface area contributed by atoms with Crippen molar-refractivity contribution in [2.75, 3.05) is 23.3 Å². The highest BCUT2D eigenvalue weighted by Crippen LogP contribution is 2.26. The predicted molar refractivity (Wildman–Crippen MR) is 91.6 cm³/mol. The van der Waals surface area contributed by atoms with E-state index >= 15 is 0 Å². The van der Waals surface area contributed by atoms with Crippen LogP contribution in [0.5, 0.6) is 0 Å². The summed E-state index contributed by atoms with van der Waals surface area (Å²) in [7, 11) is 0. The van der Waals surface area contributed by atoms with Gasteiger partial charge in [0, 0.05) is 37.1 Å². The first-order chi connectivity index (χ1) is 10.2. The summed E-state index contributed by atoms with van der Waals surface area (Å²) >= 11 is 3.33. The van der Waals surface area contributed by atoms with Crippen molar-refractivity contribution in [1.82, 2.24) is 9.36 Å². The van der Waals surface area contributed by atoms with Crippen molar-refractivity contribution >= 4 is 33.0 Å². The van der Waals surface area contributed by atoms with E-state index in [0.717, 1.165) is 43.3 Å². The summed E-state index contributed by atoms with van der Waals surface area (Å²) in [6.45, 7) is 6.65. The Hall–Kier alpha value is -1.14. The van der Waals surface area contributed by atoms with Gasteiger partial charge in [-0.25, -0.2) is 4.98 Å². The summed E-state index contributed by atoms with van der Waals surface area (Å²) in [6.07, 6.45) is 3.29. The second kappa shape index (κ2) is 6.75. The van der Waals surface area contributed by atoms with E-state index < -0.39 is 0 Å². The maximum absolute atomic E-state index is 4.60. The van der Waals surface area contributed by atoms with E-state index in [1.807, 2.05) is 11.3 Å². The average Bonchev–Trinajstić information content (AvgIpc) is 3.11. The molecule has 0 amide bonds. The van der Waals surface area contributed by atoms with Crippen molar-refractivity contribution < 1.29 is 0 Å². The van der Waals surface area contributed by atoms with Gasteiger partial charge in [-0.3, -0.25) is 0 Å². The smallest absolute Gasteiger partial charge is 0.202 e. The van der Waals surface area contributed by atoms with Crippen molar-refractivity contribution in [1.29, 1.82) is 0 Å². The number of thiophene rings is 1. The lowest BCUT2D eigenvalue weighted by molar-refractivity contribution is 0.528. The van der Waals surface area contributed by atoms with Crippen LogP contribution in [0.4, 0.5) is 10.1 Å². The molecule has 3 heterocycles. The van der Waals surface area contributed by atoms with Crippen LogP contribution in [-0.4, -0.2) is 28.5 Å². The number of nitrogens with one attached hydrogen (secondary N) is 1. The standard InChI is InChI=1S/C15H22N4S2/c1-11(2)10-13-17-15(21-18-13)16-12-5-7-19(8-6-12)14-4-3-9-20-14/h3-4,9,11-12H,5-8,10H2,1-2H3,(H,16,17,18). The molecule has 0 spiro atoms. The van der Waals surface area contributed by atoms with Gasteiger partial charge < -0.3 is 10.2 Å². The average molecular weight is 323 g/mol. The third kappa shape index (κ3) is 3.95. The molecule has 2 aromatic heterocycles. The lowest BCUT2D eigenvalue weighted by Crippen LogP contribution is -2.38. The maximum Gasteiger partial charge on any atom is 0.202 e. The molecule has 0 bridgehead atoms. The summed E-state index contributed by atoms with van der Waals surface area (Å²) in [5, 5.41) is 8.09. The minimum atomic E-state index is 0.529. The van der Waals surface area contributed by atoms with Crippen molar-refractivity contribution in [3.8, 4) is 0 Å². The molecular formula is C15H22N4S2. The molecule has 114 valence electrons. The first-order valence-electron chi connectivity index (χ1n) is 7.58. The normalized spacial score (nSPS) is 16.6. The van der Waals surface area contributed by atoms with E-state index in [2.05, 4.69) is 50.9 Å². The summed E-state index contributed by atoms with van der Waals surface area (Å²) < 4.78 is 4.44. The van der Waals surface area contributed by atoms with Crippen molar-refractivity contribution in [3.05, 3.63) is 23.3 Å². The monoisotopic (exact) mass is 322 g/mol. The first-order valence-corrected chi connectivity index (χ1v) is 9.23. The van der Waals surface area contributed by atoms with Crippen LogP contribution in [0.2, 0.25) is 0 Å². The van der Waals surface area contributed by atoms with Crippen LogP contribution in [0.15, 0.2) is 17.5 Å². The Balaban J connectivity index is 1.50. The van der Waals surface area contributed by atoms with Gasteiger partial charge in [0.15, 0.2) is 0 Å². The molecular weight excluding hydrogens is 300 g/mol. The molecule has 1 saturated heterocycles. The highest BCUT2D eigenvalue weighted by atomic mass is 32.1. The van der Waals surface area contributed by atoms with Crippen LogP contribution in [0.1, 0.15) is 32.5 Å². The Labute approximate surface area is 134 Å². The fourth-order valence-corrected chi connectivity index (χ4v) is 4.09. The Morgan fingerprint density at radius 3 is 2.86 bits per heavy atom. The fourth-order valence-electron chi connectivity index (χ4n) is 2.63. The van der Waals surface area contributed by atoms with Crippen molar-refractivity contribution in [2.45, 2.75) is 39.2 Å². The molecule has 0 radical (unpaired) electrons. The maximum atomic E-state index is 4.60. The highest BCUT2D eigenvalue weighted by Gasteiger charge is 2.20. The lowest BCUT2D eigenvalue weighted by Gasteiger charge is -2.32. The molecule has 0 unspecified atom stereocenters. The lowest BCUT2D eigenvalue weighted by atomic mass is 10.1. The Bertz CT molecular complexity index is 542. The summed E-state index contributed by atoms with van der Waals surface area (Å²) in [5.74, 6) is 1.59. The third-order valence-electron chi connectivity index (χ3n) is 3.70. The molecule has 0 aromatic carbocycles. The number of nitrogens with zero attached hydrogens (tertiary/aromatic N) is 3. The summed E-state index contributed by atoms with van der Waals surface area (Å²) in [4.78, 5) is 7.08. The molecule has 1 N–H and O–H groups in total. The zero-order valence-corrected chi connectivity index (χ0v) is 14.2. The van der Waals surface area contributed by atoms with E-state index in [0.29, 0.717) is 12.0 Å². The van der Waals surface area contributed by atoms with Crippen LogP contribution in [0, 0.1) is 5.92 Å². The Kier molecular flexibility index (Phi) is 4.75. The molecule has 0 saturated carbocycles. The van der Waals surface area contributed by atoms with Crippen LogP contribution in [0.25, 0.3) is 0 Å². The minimum Gasteiger partial charge on any atom is -0.363 e. The number of hydrogen-bond acceptors (Lipinski definition) is 6. The van der Waals surface area contributed by atoms with E-state index in [-0.39, 0.29) is 0 Å². The van der Waals surface area contributed by atoms with Gasteiger partial charge >= 0.3 is 0 Å². The molecule has 21 heavy (non-hydrogen) atoms. The van der Waals surface area contributed by atoms with Crippen molar-refractivity contribution in [2.24, 2.45) is 5.92 Å². The number of rotatable bonds is 5. The van der Waals surface area contributed by atoms with Gasteiger partial charge in [0.2, 0.25) is 5.13 Å². The molecule has 2 aromatic rings. The molecule has 1 aliphatic heterocycles. The van der Waals surface area contributed by atoms with E-state index in [9.17, 15) is 0 Å². The third-order valence-corrected chi connectivity index (χ3v) is 5.31. The number of hydrogen-bond donors (Lipinski definition) is 1. The van der Waals surface area contributed by atoms with Crippen molar-refractivity contribution in [3.63, 3.8) is 0 Å². The van der Waals surface area contributed by atoms with Gasteiger partial charge in [-0.2, -0.15) is 4.37 Å². The first kappa shape index (κ1) is 14.8. The fraction of sp³-hybridized carbons (Fsp3) is 0.600. The Morgan fingerprint density at radius 2 is 2.19 bits per heavy atom. The number of piperidine rings is 1. The number of anilines is 2.